The van der Waals surface area contributed by atoms with Gasteiger partial charge < -0.3 is 15.0 Å². The molecular formula is C22H27BrN2O3. The predicted octanol–water partition coefficient (Wildman–Crippen LogP) is 4.08. The SMILES string of the molecule is Cc1ccccc1OCC(=O)N(Cc1cccc(Br)c1)C(C)C(=O)NC(C)C. The molecule has 6 heteroatoms. The Morgan fingerprint density at radius 2 is 1.82 bits per heavy atom. The molecule has 1 atom stereocenters. The van der Waals surface area contributed by atoms with Crippen LogP contribution in [0.25, 0.3) is 0 Å². The van der Waals surface area contributed by atoms with Crippen LogP contribution in [0.15, 0.2) is 53.0 Å². The standard InChI is InChI=1S/C22H27BrN2O3/c1-15(2)24-22(27)17(4)25(13-18-9-7-10-19(23)12-18)21(26)14-28-20-11-6-5-8-16(20)3/h5-12,15,17H,13-14H2,1-4H3,(H,24,27). The minimum absolute atomic E-state index is 0.000917. The monoisotopic (exact) mass is 446 g/mol. The molecule has 0 saturated heterocycles. The van der Waals surface area contributed by atoms with Crippen molar-refractivity contribution >= 4 is 27.7 Å². The van der Waals surface area contributed by atoms with Gasteiger partial charge in [0, 0.05) is 17.1 Å². The zero-order valence-electron chi connectivity index (χ0n) is 16.7. The Hall–Kier alpha value is -2.34. The lowest BCUT2D eigenvalue weighted by Crippen LogP contribution is -2.50. The van der Waals surface area contributed by atoms with Crippen molar-refractivity contribution in [1.29, 1.82) is 0 Å². The Labute approximate surface area is 175 Å². The number of amides is 2. The first-order valence-electron chi connectivity index (χ1n) is 9.30. The van der Waals surface area contributed by atoms with Gasteiger partial charge in [0.25, 0.3) is 5.91 Å². The molecule has 2 rings (SSSR count). The van der Waals surface area contributed by atoms with Crippen molar-refractivity contribution in [3.05, 3.63) is 64.1 Å². The van der Waals surface area contributed by atoms with Crippen molar-refractivity contribution in [3.63, 3.8) is 0 Å². The molecular weight excluding hydrogens is 420 g/mol. The highest BCUT2D eigenvalue weighted by Gasteiger charge is 2.27. The number of rotatable bonds is 8. The van der Waals surface area contributed by atoms with Gasteiger partial charge in [0.15, 0.2) is 6.61 Å². The minimum Gasteiger partial charge on any atom is -0.484 e. The number of benzene rings is 2. The Balaban J connectivity index is 2.17. The lowest BCUT2D eigenvalue weighted by atomic mass is 10.1. The summed E-state index contributed by atoms with van der Waals surface area (Å²) in [6.07, 6.45) is 0. The fraction of sp³-hybridized carbons (Fsp3) is 0.364. The van der Waals surface area contributed by atoms with Crippen molar-refractivity contribution in [3.8, 4) is 5.75 Å². The van der Waals surface area contributed by atoms with Gasteiger partial charge in [0.05, 0.1) is 0 Å². The van der Waals surface area contributed by atoms with E-state index in [1.54, 1.807) is 11.8 Å². The average molecular weight is 447 g/mol. The van der Waals surface area contributed by atoms with Gasteiger partial charge in [-0.05, 0) is 57.0 Å². The molecule has 0 aliphatic rings. The summed E-state index contributed by atoms with van der Waals surface area (Å²) in [7, 11) is 0. The van der Waals surface area contributed by atoms with Gasteiger partial charge in [-0.15, -0.1) is 0 Å². The van der Waals surface area contributed by atoms with E-state index in [1.165, 1.54) is 0 Å². The first-order chi connectivity index (χ1) is 13.3. The van der Waals surface area contributed by atoms with Crippen LogP contribution in [-0.4, -0.2) is 35.4 Å². The van der Waals surface area contributed by atoms with Gasteiger partial charge in [-0.3, -0.25) is 9.59 Å². The van der Waals surface area contributed by atoms with E-state index < -0.39 is 6.04 Å². The number of nitrogens with zero attached hydrogens (tertiary/aromatic N) is 1. The molecule has 0 bridgehead atoms. The normalized spacial score (nSPS) is 11.8. The zero-order chi connectivity index (χ0) is 20.7. The maximum atomic E-state index is 13.0. The fourth-order valence-electron chi connectivity index (χ4n) is 2.76. The van der Waals surface area contributed by atoms with Crippen LogP contribution in [-0.2, 0) is 16.1 Å². The van der Waals surface area contributed by atoms with E-state index in [0.29, 0.717) is 12.3 Å². The average Bonchev–Trinajstić information content (AvgIpc) is 2.64. The fourth-order valence-corrected chi connectivity index (χ4v) is 3.21. The van der Waals surface area contributed by atoms with Crippen LogP contribution in [0, 0.1) is 6.92 Å². The Kier molecular flexibility index (Phi) is 8.05. The summed E-state index contributed by atoms with van der Waals surface area (Å²) in [5.74, 6) is 0.237. The first kappa shape index (κ1) is 22.0. The summed E-state index contributed by atoms with van der Waals surface area (Å²) in [6.45, 7) is 7.65. The highest BCUT2D eigenvalue weighted by Crippen LogP contribution is 2.18. The maximum absolute atomic E-state index is 13.0. The van der Waals surface area contributed by atoms with Crippen molar-refractivity contribution in [1.82, 2.24) is 10.2 Å². The number of halogens is 1. The van der Waals surface area contributed by atoms with E-state index in [4.69, 9.17) is 4.74 Å². The van der Waals surface area contributed by atoms with Crippen LogP contribution >= 0.6 is 15.9 Å². The Bertz CT molecular complexity index is 823. The lowest BCUT2D eigenvalue weighted by molar-refractivity contribution is -0.142. The van der Waals surface area contributed by atoms with Gasteiger partial charge in [-0.1, -0.05) is 46.3 Å². The lowest BCUT2D eigenvalue weighted by Gasteiger charge is -2.29. The van der Waals surface area contributed by atoms with E-state index in [0.717, 1.165) is 15.6 Å². The first-order valence-corrected chi connectivity index (χ1v) is 10.1. The minimum atomic E-state index is -0.616. The van der Waals surface area contributed by atoms with Crippen molar-refractivity contribution in [2.24, 2.45) is 0 Å². The molecule has 2 aromatic rings. The Morgan fingerprint density at radius 3 is 2.46 bits per heavy atom. The second kappa shape index (κ2) is 10.3. The summed E-state index contributed by atoms with van der Waals surface area (Å²) in [5.41, 5.74) is 1.89. The molecule has 0 saturated carbocycles. The molecule has 5 nitrogen and oxygen atoms in total. The van der Waals surface area contributed by atoms with Crippen LogP contribution in [0.3, 0.4) is 0 Å². The van der Waals surface area contributed by atoms with Gasteiger partial charge in [0.1, 0.15) is 11.8 Å². The molecule has 150 valence electrons. The number of nitrogens with one attached hydrogen (secondary N) is 1. The van der Waals surface area contributed by atoms with E-state index in [-0.39, 0.29) is 24.5 Å². The van der Waals surface area contributed by atoms with E-state index in [9.17, 15) is 9.59 Å². The number of carbonyl (C=O) groups is 2. The summed E-state index contributed by atoms with van der Waals surface area (Å²) in [4.78, 5) is 27.0. The highest BCUT2D eigenvalue weighted by atomic mass is 79.9. The molecule has 0 aliphatic heterocycles. The van der Waals surface area contributed by atoms with Crippen LogP contribution in [0.5, 0.6) is 5.75 Å². The van der Waals surface area contributed by atoms with Crippen LogP contribution in [0.1, 0.15) is 31.9 Å². The van der Waals surface area contributed by atoms with Crippen molar-refractivity contribution in [2.75, 3.05) is 6.61 Å². The summed E-state index contributed by atoms with van der Waals surface area (Å²) < 4.78 is 6.64. The molecule has 28 heavy (non-hydrogen) atoms. The van der Waals surface area contributed by atoms with Gasteiger partial charge in [0.2, 0.25) is 5.91 Å². The number of hydrogen-bond acceptors (Lipinski definition) is 3. The molecule has 0 fully saturated rings. The zero-order valence-corrected chi connectivity index (χ0v) is 18.3. The Morgan fingerprint density at radius 1 is 1.11 bits per heavy atom. The number of hydrogen-bond donors (Lipinski definition) is 1. The third-order valence-corrected chi connectivity index (χ3v) is 4.78. The van der Waals surface area contributed by atoms with Crippen molar-refractivity contribution in [2.45, 2.75) is 46.3 Å². The summed E-state index contributed by atoms with van der Waals surface area (Å²) >= 11 is 3.45. The number of ether oxygens (including phenoxy) is 1. The second-order valence-corrected chi connectivity index (χ2v) is 7.96. The summed E-state index contributed by atoms with van der Waals surface area (Å²) in [6, 6.07) is 14.6. The quantitative estimate of drug-likeness (QED) is 0.664. The smallest absolute Gasteiger partial charge is 0.261 e. The van der Waals surface area contributed by atoms with E-state index in [2.05, 4.69) is 21.2 Å². The van der Waals surface area contributed by atoms with E-state index in [1.807, 2.05) is 69.3 Å². The number of carbonyl (C=O) groups excluding carboxylic acids is 2. The third-order valence-electron chi connectivity index (χ3n) is 4.28. The molecule has 1 N–H and O–H groups in total. The van der Waals surface area contributed by atoms with Crippen LogP contribution in [0.2, 0.25) is 0 Å². The maximum Gasteiger partial charge on any atom is 0.261 e. The number of para-hydroxylation sites is 1. The largest absolute Gasteiger partial charge is 0.484 e. The third kappa shape index (κ3) is 6.37. The van der Waals surface area contributed by atoms with E-state index >= 15 is 0 Å². The van der Waals surface area contributed by atoms with Gasteiger partial charge in [-0.25, -0.2) is 0 Å². The molecule has 0 spiro atoms. The van der Waals surface area contributed by atoms with Crippen molar-refractivity contribution < 1.29 is 14.3 Å². The molecule has 2 aromatic carbocycles. The molecule has 0 heterocycles. The topological polar surface area (TPSA) is 58.6 Å². The van der Waals surface area contributed by atoms with Crippen LogP contribution < -0.4 is 10.1 Å². The molecule has 0 aromatic heterocycles. The molecule has 2 amide bonds. The molecule has 0 radical (unpaired) electrons. The highest BCUT2D eigenvalue weighted by molar-refractivity contribution is 9.10. The summed E-state index contributed by atoms with van der Waals surface area (Å²) in [5, 5.41) is 2.88. The molecule has 1 unspecified atom stereocenters. The van der Waals surface area contributed by atoms with Crippen LogP contribution in [0.4, 0.5) is 0 Å². The predicted molar refractivity (Wildman–Crippen MR) is 114 cm³/mol. The van der Waals surface area contributed by atoms with Gasteiger partial charge >= 0.3 is 0 Å². The molecule has 0 aliphatic carbocycles. The van der Waals surface area contributed by atoms with Gasteiger partial charge in [-0.2, -0.15) is 0 Å². The second-order valence-electron chi connectivity index (χ2n) is 7.04. The number of aryl methyl sites for hydroxylation is 1.